The standard InChI is InChI=1S/C54H66F3N9O2.C5H10O.C2H6/c1-6-42-17-22-47(33-49(42)37-62(5)60-7-2)44-20-18-43(19-21-44)45-25-30-64(31-26-45)52(67)32-40-23-28-63(29-24-40)35-41-12-8-9-27-65(53(68)66(36-41)54(55,56)57)50-16-11-15-48(34-50)51(46-13-10-14-46)38-61(4)39-59-58-3;1-2-3-4-5-6;1-2/h6-9,11-12,15-22,27,33-34,36,39-40,45-46,51,60H,1-3,10,13-14,23-26,28-32,35,37-38H2,4-5H3;5H,2-4H2,1H3;1-2H3/b12-8?,27-9?,41-36?,59-39-;;/t51-;;/m1../s1. The maximum atomic E-state index is 14.8. The molecule has 1 atom stereocenters. The Morgan fingerprint density at radius 3 is 2.21 bits per heavy atom. The van der Waals surface area contributed by atoms with E-state index in [4.69, 9.17) is 0 Å². The van der Waals surface area contributed by atoms with Crippen molar-refractivity contribution in [2.24, 2.45) is 22.0 Å². The second-order valence-corrected chi connectivity index (χ2v) is 19.9. The molecule has 0 unspecified atom stereocenters. The van der Waals surface area contributed by atoms with Crippen LogP contribution in [0.1, 0.15) is 131 Å². The minimum Gasteiger partial charge on any atom is -0.364 e. The number of rotatable bonds is 21. The number of halogens is 3. The van der Waals surface area contributed by atoms with Crippen LogP contribution in [0.25, 0.3) is 22.9 Å². The number of nitrogens with one attached hydrogen (secondary N) is 1. The Balaban J connectivity index is 0.00000124. The van der Waals surface area contributed by atoms with Crippen molar-refractivity contribution in [3.63, 3.8) is 0 Å². The van der Waals surface area contributed by atoms with Crippen molar-refractivity contribution in [3.05, 3.63) is 155 Å². The third kappa shape index (κ3) is 17.8. The molecule has 0 radical (unpaired) electrons. The first-order valence-electron chi connectivity index (χ1n) is 27.2. The molecule has 3 aliphatic rings. The number of aromatic nitrogens is 2. The number of benzene rings is 3. The molecule has 1 amide bonds. The summed E-state index contributed by atoms with van der Waals surface area (Å²) in [6, 6.07) is 27.5. The summed E-state index contributed by atoms with van der Waals surface area (Å²) in [6.07, 6.45) is 13.4. The lowest BCUT2D eigenvalue weighted by atomic mass is 9.73. The van der Waals surface area contributed by atoms with Crippen LogP contribution >= 0.6 is 0 Å². The van der Waals surface area contributed by atoms with Crippen molar-refractivity contribution in [2.45, 2.75) is 123 Å². The molecule has 1 aromatic heterocycles. The van der Waals surface area contributed by atoms with Crippen molar-refractivity contribution in [2.75, 3.05) is 46.8 Å². The molecule has 2 saturated heterocycles. The Hall–Kier alpha value is -6.58. The van der Waals surface area contributed by atoms with Gasteiger partial charge in [-0.15, -0.1) is 18.3 Å². The number of likely N-dealkylation sites (N-methyl/N-ethyl adjacent to an activating group) is 1. The van der Waals surface area contributed by atoms with Crippen molar-refractivity contribution in [3.8, 4) is 16.8 Å². The van der Waals surface area contributed by atoms with E-state index < -0.39 is 12.0 Å². The number of amides is 1. The summed E-state index contributed by atoms with van der Waals surface area (Å²) in [5.74, 6) is 1.26. The van der Waals surface area contributed by atoms with Gasteiger partial charge in [0.25, 0.3) is 0 Å². The SMILES string of the molecule is C=CNN(C)Cc1cc(-c2ccc(C3CCN(C(=O)CC4CCN(Cc5ccccn(-c6cccc([C@H](CN(C)/C=N\N=C)C7CCC7)c6)c(=O)n(C(F)(F)F)c5)CC4)CC3)cc2)ccc1C=C.CC.CCCCC=O. The van der Waals surface area contributed by atoms with Gasteiger partial charge in [-0.25, -0.2) is 14.4 Å². The average molecular weight is 1050 g/mol. The summed E-state index contributed by atoms with van der Waals surface area (Å²) >= 11 is 0. The van der Waals surface area contributed by atoms with E-state index in [-0.39, 0.29) is 28.9 Å². The Morgan fingerprint density at radius 1 is 0.895 bits per heavy atom. The lowest BCUT2D eigenvalue weighted by Crippen LogP contribution is -2.40. The summed E-state index contributed by atoms with van der Waals surface area (Å²) in [6.45, 7) is 21.5. The highest BCUT2D eigenvalue weighted by molar-refractivity contribution is 5.76. The fourth-order valence-corrected chi connectivity index (χ4v) is 10.2. The highest BCUT2D eigenvalue weighted by Gasteiger charge is 2.34. The molecule has 1 saturated carbocycles. The van der Waals surface area contributed by atoms with Gasteiger partial charge in [-0.3, -0.25) is 14.3 Å². The zero-order valence-corrected chi connectivity index (χ0v) is 45.6. The van der Waals surface area contributed by atoms with Crippen LogP contribution in [-0.2, 0) is 29.0 Å². The molecule has 3 heterocycles. The summed E-state index contributed by atoms with van der Waals surface area (Å²) in [5.41, 5.74) is 9.41. The maximum absolute atomic E-state index is 14.8. The molecule has 1 aliphatic carbocycles. The summed E-state index contributed by atoms with van der Waals surface area (Å²) in [5, 5.41) is 9.42. The van der Waals surface area contributed by atoms with Gasteiger partial charge in [0, 0.05) is 90.9 Å². The number of nitrogens with zero attached hydrogens (tertiary/aromatic N) is 8. The molecule has 12 nitrogen and oxygen atoms in total. The number of likely N-dealkylation sites (tertiary alicyclic amines) is 2. The van der Waals surface area contributed by atoms with Gasteiger partial charge in [0.05, 0.1) is 5.69 Å². The first-order chi connectivity index (χ1) is 36.7. The zero-order chi connectivity index (χ0) is 55.0. The lowest BCUT2D eigenvalue weighted by Gasteiger charge is -2.36. The Kier molecular flexibility index (Phi) is 24.5. The van der Waals surface area contributed by atoms with Gasteiger partial charge in [-0.05, 0) is 139 Å². The van der Waals surface area contributed by atoms with Gasteiger partial charge in [0.1, 0.15) is 12.6 Å². The largest absolute Gasteiger partial charge is 0.492 e. The number of piperidine rings is 2. The van der Waals surface area contributed by atoms with E-state index in [1.54, 1.807) is 42.9 Å². The number of hydrogen-bond donors (Lipinski definition) is 1. The molecule has 7 rings (SSSR count). The van der Waals surface area contributed by atoms with Gasteiger partial charge in [-0.1, -0.05) is 114 Å². The molecule has 2 aliphatic heterocycles. The predicted octanol–water partition coefficient (Wildman–Crippen LogP) is 12.5. The van der Waals surface area contributed by atoms with Gasteiger partial charge < -0.3 is 20.0 Å². The number of hydrogen-bond acceptors (Lipinski definition) is 8. The van der Waals surface area contributed by atoms with E-state index in [9.17, 15) is 27.6 Å². The van der Waals surface area contributed by atoms with Crippen molar-refractivity contribution in [1.29, 1.82) is 0 Å². The molecule has 4 aromatic rings. The predicted molar refractivity (Wildman–Crippen MR) is 305 cm³/mol. The van der Waals surface area contributed by atoms with Crippen LogP contribution in [0.4, 0.5) is 13.2 Å². The average Bonchev–Trinajstić information content (AvgIpc) is 3.50. The third-order valence-electron chi connectivity index (χ3n) is 14.6. The maximum Gasteiger partial charge on any atom is 0.492 e. The number of carbonyl (C=O) groups excluding carboxylic acids is 2. The van der Waals surface area contributed by atoms with Gasteiger partial charge >= 0.3 is 12.0 Å². The zero-order valence-electron chi connectivity index (χ0n) is 45.6. The second-order valence-electron chi connectivity index (χ2n) is 19.9. The number of hydrazine groups is 1. The smallest absolute Gasteiger partial charge is 0.364 e. The summed E-state index contributed by atoms with van der Waals surface area (Å²) < 4.78 is 45.3. The van der Waals surface area contributed by atoms with Gasteiger partial charge in [0.2, 0.25) is 5.91 Å². The second kappa shape index (κ2) is 30.8. The molecular formula is C61H82F3N9O3. The topological polar surface area (TPSA) is 111 Å². The highest BCUT2D eigenvalue weighted by atomic mass is 19.4. The molecule has 76 heavy (non-hydrogen) atoms. The molecule has 1 N–H and O–H groups in total. The highest BCUT2D eigenvalue weighted by Crippen LogP contribution is 2.40. The van der Waals surface area contributed by atoms with Crippen LogP contribution in [0.2, 0.25) is 0 Å². The normalized spacial score (nSPS) is 15.8. The number of aldehydes is 1. The molecule has 0 bridgehead atoms. The number of alkyl halides is 3. The van der Waals surface area contributed by atoms with Crippen LogP contribution in [-0.4, -0.2) is 101 Å². The van der Waals surface area contributed by atoms with Crippen molar-refractivity contribution in [1.82, 2.24) is 34.3 Å². The summed E-state index contributed by atoms with van der Waals surface area (Å²) in [7, 11) is 3.87. The van der Waals surface area contributed by atoms with E-state index in [1.807, 2.05) is 61.0 Å². The minimum absolute atomic E-state index is 0.0868. The Labute approximate surface area is 450 Å². The first kappa shape index (κ1) is 60.3. The summed E-state index contributed by atoms with van der Waals surface area (Å²) in [4.78, 5) is 43.1. The van der Waals surface area contributed by atoms with Crippen LogP contribution in [0, 0.1) is 11.8 Å². The van der Waals surface area contributed by atoms with Gasteiger partial charge in [-0.2, -0.15) is 5.10 Å². The van der Waals surface area contributed by atoms with E-state index >= 15 is 0 Å². The number of carbonyl (C=O) groups is 2. The molecule has 15 heteroatoms. The minimum atomic E-state index is -4.96. The van der Waals surface area contributed by atoms with Gasteiger partial charge in [0.15, 0.2) is 0 Å². The van der Waals surface area contributed by atoms with Crippen LogP contribution < -0.4 is 11.1 Å². The van der Waals surface area contributed by atoms with E-state index in [0.717, 1.165) is 117 Å². The molecule has 3 aromatic carbocycles. The fraction of sp³-hybridized carbons (Fsp3) is 0.459. The van der Waals surface area contributed by atoms with Crippen LogP contribution in [0.15, 0.2) is 132 Å². The third-order valence-corrected chi connectivity index (χ3v) is 14.6. The lowest BCUT2D eigenvalue weighted by molar-refractivity contribution is -0.207. The molecule has 0 spiro atoms. The van der Waals surface area contributed by atoms with Crippen molar-refractivity contribution >= 4 is 31.3 Å². The van der Waals surface area contributed by atoms with Crippen LogP contribution in [0.3, 0.4) is 0 Å². The Bertz CT molecular complexity index is 2620. The first-order valence-corrected chi connectivity index (χ1v) is 27.2. The fourth-order valence-electron chi connectivity index (χ4n) is 10.2. The molecule has 3 fully saturated rings. The van der Waals surface area contributed by atoms with E-state index in [2.05, 4.69) is 89.8 Å². The quantitative estimate of drug-likeness (QED) is 0.0291. The Morgan fingerprint density at radius 2 is 1.61 bits per heavy atom. The van der Waals surface area contributed by atoms with E-state index in [0.29, 0.717) is 55.7 Å². The van der Waals surface area contributed by atoms with E-state index in [1.165, 1.54) is 17.3 Å². The van der Waals surface area contributed by atoms with Crippen LogP contribution in [0.5, 0.6) is 0 Å². The monoisotopic (exact) mass is 1050 g/mol. The van der Waals surface area contributed by atoms with Crippen molar-refractivity contribution < 1.29 is 22.8 Å². The number of unbranched alkanes of at least 4 members (excludes halogenated alkanes) is 2. The molecular weight excluding hydrogens is 964 g/mol. The molecule has 410 valence electrons.